The number of hydrogen-bond acceptors (Lipinski definition) is 3. The Morgan fingerprint density at radius 3 is 2.40 bits per heavy atom. The van der Waals surface area contributed by atoms with E-state index in [0.29, 0.717) is 19.0 Å². The van der Waals surface area contributed by atoms with E-state index in [1.54, 1.807) is 0 Å². The number of amides is 3. The highest BCUT2D eigenvalue weighted by Gasteiger charge is 2.27. The van der Waals surface area contributed by atoms with Crippen LogP contribution in [0.15, 0.2) is 4.99 Å². The summed E-state index contributed by atoms with van der Waals surface area (Å²) < 4.78 is 0. The molecule has 0 aromatic carbocycles. The average molecular weight is 395 g/mol. The van der Waals surface area contributed by atoms with Crippen LogP contribution in [-0.2, 0) is 4.79 Å². The molecule has 0 saturated carbocycles. The number of aliphatic imine (C=N–C) groups is 1. The third-order valence-electron chi connectivity index (χ3n) is 3.46. The largest absolute Gasteiger partial charge is 0.370 e. The second-order valence-electron chi connectivity index (χ2n) is 4.85. The molecular weight excluding hydrogens is 373 g/mol. The average Bonchev–Trinajstić information content (AvgIpc) is 2.64. The molecule has 0 aromatic heterocycles. The fraction of sp³-hybridized carbons (Fsp3) is 0.750. The molecule has 2 aliphatic rings. The lowest BCUT2D eigenvalue weighted by atomic mass is 10.2. The van der Waals surface area contributed by atoms with E-state index in [-0.39, 0.29) is 42.5 Å². The minimum Gasteiger partial charge on any atom is -0.370 e. The van der Waals surface area contributed by atoms with Gasteiger partial charge in [0.05, 0.1) is 19.6 Å². The summed E-state index contributed by atoms with van der Waals surface area (Å²) >= 11 is 0. The molecule has 2 heterocycles. The second-order valence-corrected chi connectivity index (χ2v) is 4.85. The Morgan fingerprint density at radius 2 is 1.85 bits per heavy atom. The summed E-state index contributed by atoms with van der Waals surface area (Å²) in [5.41, 5.74) is 5.94. The summed E-state index contributed by atoms with van der Waals surface area (Å²) in [5, 5.41) is 2.48. The lowest BCUT2D eigenvalue weighted by molar-refractivity contribution is -0.124. The van der Waals surface area contributed by atoms with Crippen LogP contribution >= 0.6 is 24.0 Å². The highest BCUT2D eigenvalue weighted by Crippen LogP contribution is 2.09. The maximum Gasteiger partial charge on any atom is 0.324 e. The van der Waals surface area contributed by atoms with Crippen LogP contribution in [0.4, 0.5) is 4.79 Å². The van der Waals surface area contributed by atoms with E-state index in [9.17, 15) is 9.59 Å². The second kappa shape index (κ2) is 8.28. The molecule has 20 heavy (non-hydrogen) atoms. The van der Waals surface area contributed by atoms with Crippen molar-refractivity contribution in [1.29, 1.82) is 0 Å². The molecule has 0 aromatic rings. The van der Waals surface area contributed by atoms with Crippen molar-refractivity contribution in [3.05, 3.63) is 0 Å². The van der Waals surface area contributed by atoms with E-state index in [1.165, 1.54) is 17.7 Å². The van der Waals surface area contributed by atoms with E-state index in [1.807, 2.05) is 0 Å². The van der Waals surface area contributed by atoms with E-state index in [0.717, 1.165) is 25.9 Å². The number of hydrogen-bond donors (Lipinski definition) is 2. The standard InChI is InChI=1S/C12H21N5O2.HI/c13-11(16-6-3-1-2-4-7-16)14-5-8-17-10(18)9-15-12(17)19;/h1-9H2,(H2,13,14)(H,15,19);1H. The van der Waals surface area contributed by atoms with Crippen molar-refractivity contribution in [2.45, 2.75) is 25.7 Å². The molecule has 0 aliphatic carbocycles. The van der Waals surface area contributed by atoms with E-state index >= 15 is 0 Å². The minimum atomic E-state index is -0.339. The van der Waals surface area contributed by atoms with Gasteiger partial charge >= 0.3 is 6.03 Å². The first-order valence-electron chi connectivity index (χ1n) is 6.81. The summed E-state index contributed by atoms with van der Waals surface area (Å²) in [4.78, 5) is 30.2. The van der Waals surface area contributed by atoms with Crippen LogP contribution in [0.1, 0.15) is 25.7 Å². The van der Waals surface area contributed by atoms with Crippen molar-refractivity contribution < 1.29 is 9.59 Å². The Labute approximate surface area is 136 Å². The maximum atomic E-state index is 11.4. The molecule has 0 bridgehead atoms. The number of nitrogens with one attached hydrogen (secondary N) is 1. The van der Waals surface area contributed by atoms with Gasteiger partial charge in [-0.05, 0) is 12.8 Å². The number of halogens is 1. The summed E-state index contributed by atoms with van der Waals surface area (Å²) in [5.74, 6) is 0.322. The van der Waals surface area contributed by atoms with E-state index in [2.05, 4.69) is 15.2 Å². The van der Waals surface area contributed by atoms with Crippen molar-refractivity contribution in [3.8, 4) is 0 Å². The van der Waals surface area contributed by atoms with Gasteiger partial charge in [-0.2, -0.15) is 0 Å². The van der Waals surface area contributed by atoms with Gasteiger partial charge < -0.3 is 16.0 Å². The van der Waals surface area contributed by atoms with Crippen molar-refractivity contribution in [2.75, 3.05) is 32.7 Å². The molecular formula is C12H22IN5O2. The van der Waals surface area contributed by atoms with E-state index in [4.69, 9.17) is 5.73 Å². The highest BCUT2D eigenvalue weighted by atomic mass is 127. The van der Waals surface area contributed by atoms with Crippen molar-refractivity contribution >= 4 is 41.9 Å². The van der Waals surface area contributed by atoms with Crippen LogP contribution in [0.5, 0.6) is 0 Å². The van der Waals surface area contributed by atoms with Crippen LogP contribution in [0.3, 0.4) is 0 Å². The fourth-order valence-electron chi connectivity index (χ4n) is 2.35. The number of guanidine groups is 1. The Bertz CT molecular complexity index is 364. The van der Waals surface area contributed by atoms with Crippen LogP contribution in [0, 0.1) is 0 Å². The molecule has 0 unspecified atom stereocenters. The summed E-state index contributed by atoms with van der Waals surface area (Å²) in [6.07, 6.45) is 4.77. The SMILES string of the molecule is I.NC(=NCCN1C(=O)CNC1=O)N1CCCCCC1. The first kappa shape index (κ1) is 17.0. The zero-order chi connectivity index (χ0) is 13.7. The molecule has 0 atom stereocenters. The van der Waals surface area contributed by atoms with Gasteiger partial charge in [-0.25, -0.2) is 4.79 Å². The smallest absolute Gasteiger partial charge is 0.324 e. The molecule has 3 amide bonds. The molecule has 2 fully saturated rings. The molecule has 114 valence electrons. The molecule has 2 saturated heterocycles. The van der Waals surface area contributed by atoms with Gasteiger partial charge in [-0.15, -0.1) is 24.0 Å². The minimum absolute atomic E-state index is 0. The first-order valence-corrected chi connectivity index (χ1v) is 6.81. The van der Waals surface area contributed by atoms with Gasteiger partial charge in [0.25, 0.3) is 0 Å². The Morgan fingerprint density at radius 1 is 1.20 bits per heavy atom. The zero-order valence-electron chi connectivity index (χ0n) is 11.5. The number of carbonyl (C=O) groups is 2. The zero-order valence-corrected chi connectivity index (χ0v) is 13.8. The van der Waals surface area contributed by atoms with Crippen molar-refractivity contribution in [3.63, 3.8) is 0 Å². The van der Waals surface area contributed by atoms with E-state index < -0.39 is 0 Å². The van der Waals surface area contributed by atoms with Gasteiger partial charge in [-0.3, -0.25) is 14.7 Å². The molecule has 2 rings (SSSR count). The third kappa shape index (κ3) is 4.50. The topological polar surface area (TPSA) is 91.0 Å². The van der Waals surface area contributed by atoms with Gasteiger partial charge in [-0.1, -0.05) is 12.8 Å². The van der Waals surface area contributed by atoms with Gasteiger partial charge in [0.15, 0.2) is 5.96 Å². The lowest BCUT2D eigenvalue weighted by Crippen LogP contribution is -2.39. The maximum absolute atomic E-state index is 11.4. The summed E-state index contributed by atoms with van der Waals surface area (Å²) in [6.45, 7) is 2.63. The van der Waals surface area contributed by atoms with Crippen molar-refractivity contribution in [1.82, 2.24) is 15.1 Å². The Hall–Kier alpha value is -1.06. The van der Waals surface area contributed by atoms with Crippen LogP contribution in [-0.4, -0.2) is 60.4 Å². The normalized spacial score (nSPS) is 20.5. The monoisotopic (exact) mass is 395 g/mol. The fourth-order valence-corrected chi connectivity index (χ4v) is 2.35. The molecule has 0 radical (unpaired) electrons. The quantitative estimate of drug-likeness (QED) is 0.312. The highest BCUT2D eigenvalue weighted by molar-refractivity contribution is 14.0. The number of nitrogens with two attached hydrogens (primary N) is 1. The number of nitrogens with zero attached hydrogens (tertiary/aromatic N) is 3. The number of imide groups is 1. The van der Waals surface area contributed by atoms with Gasteiger partial charge in [0.2, 0.25) is 5.91 Å². The Balaban J connectivity index is 0.00000200. The number of likely N-dealkylation sites (tertiary alicyclic amines) is 1. The summed E-state index contributed by atoms with van der Waals surface area (Å²) in [7, 11) is 0. The third-order valence-corrected chi connectivity index (χ3v) is 3.46. The molecule has 8 heteroatoms. The van der Waals surface area contributed by atoms with Crippen LogP contribution < -0.4 is 11.1 Å². The number of urea groups is 1. The van der Waals surface area contributed by atoms with Crippen molar-refractivity contribution in [2.24, 2.45) is 10.7 Å². The van der Waals surface area contributed by atoms with Gasteiger partial charge in [0, 0.05) is 13.1 Å². The van der Waals surface area contributed by atoms with Gasteiger partial charge in [0.1, 0.15) is 0 Å². The molecule has 3 N–H and O–H groups in total. The van der Waals surface area contributed by atoms with Crippen LogP contribution in [0.25, 0.3) is 0 Å². The summed E-state index contributed by atoms with van der Waals surface area (Å²) in [6, 6.07) is -0.339. The Kier molecular flexibility index (Phi) is 7.03. The lowest BCUT2D eigenvalue weighted by Gasteiger charge is -2.21. The number of rotatable bonds is 3. The predicted molar refractivity (Wildman–Crippen MR) is 87.1 cm³/mol. The predicted octanol–water partition coefficient (Wildman–Crippen LogP) is 0.347. The first-order chi connectivity index (χ1) is 9.18. The molecule has 2 aliphatic heterocycles. The molecule has 0 spiro atoms. The number of carbonyl (C=O) groups excluding carboxylic acids is 2. The van der Waals surface area contributed by atoms with Crippen LogP contribution in [0.2, 0.25) is 0 Å². The molecule has 7 nitrogen and oxygen atoms in total.